The van der Waals surface area contributed by atoms with E-state index in [1.54, 1.807) is 32.0 Å². The van der Waals surface area contributed by atoms with Gasteiger partial charge in [-0.05, 0) is 64.1 Å². The Morgan fingerprint density at radius 1 is 0.692 bits per heavy atom. The van der Waals surface area contributed by atoms with E-state index in [1.165, 1.54) is 6.07 Å². The molecule has 0 aliphatic carbocycles. The normalized spacial score (nSPS) is 11.0. The first-order valence-corrected chi connectivity index (χ1v) is 12.3. The first-order chi connectivity index (χ1) is 18.7. The van der Waals surface area contributed by atoms with Crippen molar-refractivity contribution in [2.24, 2.45) is 0 Å². The summed E-state index contributed by atoms with van der Waals surface area (Å²) in [5, 5.41) is 0. The van der Waals surface area contributed by atoms with E-state index in [4.69, 9.17) is 23.4 Å². The largest absolute Gasteiger partial charge is 0.489 e. The van der Waals surface area contributed by atoms with E-state index in [0.717, 1.165) is 5.56 Å². The topological polar surface area (TPSA) is 84.2 Å². The molecule has 39 heavy (non-hydrogen) atoms. The minimum atomic E-state index is -0.607. The molecule has 0 spiro atoms. The Morgan fingerprint density at radius 3 is 1.46 bits per heavy atom. The molecule has 0 radical (unpaired) electrons. The number of allylic oxidation sites excluding steroid dienone is 2. The number of furan rings is 1. The Kier molecular flexibility index (Phi) is 10.1. The summed E-state index contributed by atoms with van der Waals surface area (Å²) in [5.74, 6) is 1.39. The smallest absolute Gasteiger partial charge is 0.338 e. The van der Waals surface area contributed by atoms with Gasteiger partial charge in [0, 0.05) is 34.4 Å². The number of ether oxygens (including phenoxy) is 4. The van der Waals surface area contributed by atoms with Crippen LogP contribution < -0.4 is 18.9 Å². The molecule has 0 fully saturated rings. The van der Waals surface area contributed by atoms with Crippen LogP contribution in [0.3, 0.4) is 0 Å². The molecule has 3 rings (SSSR count). The van der Waals surface area contributed by atoms with Gasteiger partial charge in [-0.25, -0.2) is 9.59 Å². The predicted molar refractivity (Wildman–Crippen MR) is 151 cm³/mol. The predicted octanol–water partition coefficient (Wildman–Crippen LogP) is 7.49. The Morgan fingerprint density at radius 2 is 1.08 bits per heavy atom. The summed E-state index contributed by atoms with van der Waals surface area (Å²) in [6, 6.07) is 13.8. The zero-order valence-corrected chi connectivity index (χ0v) is 22.6. The average Bonchev–Trinajstić information content (AvgIpc) is 3.39. The van der Waals surface area contributed by atoms with Gasteiger partial charge in [-0.1, -0.05) is 37.5 Å². The average molecular weight is 529 g/mol. The van der Waals surface area contributed by atoms with E-state index in [-0.39, 0.29) is 22.6 Å². The molecule has 7 nitrogen and oxygen atoms in total. The van der Waals surface area contributed by atoms with Crippen LogP contribution in [-0.4, -0.2) is 25.2 Å². The van der Waals surface area contributed by atoms with Gasteiger partial charge in [0.05, 0.1) is 0 Å². The zero-order chi connectivity index (χ0) is 28.4. The van der Waals surface area contributed by atoms with Crippen LogP contribution >= 0.6 is 0 Å². The SMILES string of the molecule is C=C(C)C(=O)Oc1cc(OC(=O)C(=C)C)cc(-c2ccc(-c3cc(OCC=CC)cc(OCC=CC)c3)o2)c1. The van der Waals surface area contributed by atoms with E-state index in [9.17, 15) is 9.59 Å². The third kappa shape index (κ3) is 8.36. The van der Waals surface area contributed by atoms with E-state index >= 15 is 0 Å². The molecular formula is C32H32O7. The summed E-state index contributed by atoms with van der Waals surface area (Å²) in [5.41, 5.74) is 1.73. The number of hydrogen-bond acceptors (Lipinski definition) is 7. The van der Waals surface area contributed by atoms with Crippen molar-refractivity contribution < 1.29 is 33.0 Å². The van der Waals surface area contributed by atoms with Gasteiger partial charge in [-0.15, -0.1) is 0 Å². The molecule has 2 aromatic carbocycles. The molecule has 0 atom stereocenters. The van der Waals surface area contributed by atoms with Crippen molar-refractivity contribution >= 4 is 11.9 Å². The maximum Gasteiger partial charge on any atom is 0.338 e. The molecule has 202 valence electrons. The van der Waals surface area contributed by atoms with Gasteiger partial charge in [0.1, 0.15) is 47.7 Å². The van der Waals surface area contributed by atoms with Crippen molar-refractivity contribution in [3.05, 3.63) is 97.1 Å². The van der Waals surface area contributed by atoms with E-state index in [1.807, 2.05) is 62.4 Å². The fourth-order valence-corrected chi connectivity index (χ4v) is 3.23. The first-order valence-electron chi connectivity index (χ1n) is 12.3. The van der Waals surface area contributed by atoms with Crippen molar-refractivity contribution in [1.29, 1.82) is 0 Å². The Hall–Kier alpha value is -4.78. The van der Waals surface area contributed by atoms with Crippen molar-refractivity contribution in [3.8, 4) is 45.6 Å². The lowest BCUT2D eigenvalue weighted by Crippen LogP contribution is -2.10. The molecule has 0 aliphatic rings. The summed E-state index contributed by atoms with van der Waals surface area (Å²) >= 11 is 0. The molecule has 0 aliphatic heterocycles. The van der Waals surface area contributed by atoms with Crippen molar-refractivity contribution in [2.75, 3.05) is 13.2 Å². The molecule has 1 heterocycles. The highest BCUT2D eigenvalue weighted by Gasteiger charge is 2.16. The summed E-state index contributed by atoms with van der Waals surface area (Å²) in [4.78, 5) is 24.3. The molecule has 1 aromatic heterocycles. The second-order valence-electron chi connectivity index (χ2n) is 8.65. The van der Waals surface area contributed by atoms with Gasteiger partial charge >= 0.3 is 11.9 Å². The van der Waals surface area contributed by atoms with E-state index < -0.39 is 11.9 Å². The monoisotopic (exact) mass is 528 g/mol. The van der Waals surface area contributed by atoms with Crippen LogP contribution in [0.15, 0.2) is 102 Å². The van der Waals surface area contributed by atoms with E-state index in [0.29, 0.717) is 41.8 Å². The molecule has 0 N–H and O–H groups in total. The third-order valence-corrected chi connectivity index (χ3v) is 5.22. The van der Waals surface area contributed by atoms with Gasteiger partial charge in [-0.3, -0.25) is 0 Å². The number of esters is 2. The number of carbonyl (C=O) groups is 2. The van der Waals surface area contributed by atoms with Gasteiger partial charge in [0.25, 0.3) is 0 Å². The number of benzene rings is 2. The minimum Gasteiger partial charge on any atom is -0.489 e. The molecule has 3 aromatic rings. The quantitative estimate of drug-likeness (QED) is 0.104. The lowest BCUT2D eigenvalue weighted by Gasteiger charge is -2.11. The standard InChI is InChI=1S/C32H32O7/c1-7-9-13-35-25-15-23(16-26(19-25)36-14-10-8-2)29-11-12-30(39-29)24-17-27(37-31(33)21(3)4)20-28(18-24)38-32(34)22(5)6/h7-12,15-20H,3,5,13-14H2,1-2,4,6H3. The highest BCUT2D eigenvalue weighted by atomic mass is 16.5. The van der Waals surface area contributed by atoms with Crippen molar-refractivity contribution in [3.63, 3.8) is 0 Å². The van der Waals surface area contributed by atoms with Gasteiger partial charge in [0.15, 0.2) is 0 Å². The maximum atomic E-state index is 12.1. The lowest BCUT2D eigenvalue weighted by atomic mass is 10.1. The molecule has 0 saturated heterocycles. The lowest BCUT2D eigenvalue weighted by molar-refractivity contribution is -0.130. The van der Waals surface area contributed by atoms with Crippen LogP contribution in [0.2, 0.25) is 0 Å². The molecule has 0 amide bonds. The highest BCUT2D eigenvalue weighted by molar-refractivity contribution is 5.90. The van der Waals surface area contributed by atoms with Crippen molar-refractivity contribution in [2.45, 2.75) is 27.7 Å². The first kappa shape index (κ1) is 28.8. The minimum absolute atomic E-state index is 0.169. The second kappa shape index (κ2) is 13.7. The fraction of sp³-hybridized carbons (Fsp3) is 0.188. The summed E-state index contributed by atoms with van der Waals surface area (Å²) in [7, 11) is 0. The summed E-state index contributed by atoms with van der Waals surface area (Å²) in [6.07, 6.45) is 7.64. The number of hydrogen-bond donors (Lipinski definition) is 0. The molecule has 0 saturated carbocycles. The van der Waals surface area contributed by atoms with Gasteiger partial charge in [0.2, 0.25) is 0 Å². The van der Waals surface area contributed by atoms with Gasteiger partial charge < -0.3 is 23.4 Å². The fourth-order valence-electron chi connectivity index (χ4n) is 3.23. The van der Waals surface area contributed by atoms with Crippen LogP contribution in [0.5, 0.6) is 23.0 Å². The van der Waals surface area contributed by atoms with Gasteiger partial charge in [-0.2, -0.15) is 0 Å². The second-order valence-corrected chi connectivity index (χ2v) is 8.65. The number of rotatable bonds is 12. The third-order valence-electron chi connectivity index (χ3n) is 5.22. The maximum absolute atomic E-state index is 12.1. The van der Waals surface area contributed by atoms with E-state index in [2.05, 4.69) is 13.2 Å². The Labute approximate surface area is 228 Å². The van der Waals surface area contributed by atoms with Crippen molar-refractivity contribution in [1.82, 2.24) is 0 Å². The van der Waals surface area contributed by atoms with Crippen LogP contribution in [0, 0.1) is 0 Å². The molecular weight excluding hydrogens is 496 g/mol. The van der Waals surface area contributed by atoms with Crippen LogP contribution in [0.1, 0.15) is 27.7 Å². The van der Waals surface area contributed by atoms with Crippen LogP contribution in [0.25, 0.3) is 22.6 Å². The Balaban J connectivity index is 1.99. The zero-order valence-electron chi connectivity index (χ0n) is 22.6. The summed E-state index contributed by atoms with van der Waals surface area (Å²) in [6.45, 7) is 15.0. The molecule has 7 heteroatoms. The van der Waals surface area contributed by atoms with Crippen LogP contribution in [0.4, 0.5) is 0 Å². The highest BCUT2D eigenvalue weighted by Crippen LogP contribution is 2.36. The number of carbonyl (C=O) groups excluding carboxylic acids is 2. The van der Waals surface area contributed by atoms with Crippen LogP contribution in [-0.2, 0) is 9.59 Å². The molecule has 0 bridgehead atoms. The summed E-state index contributed by atoms with van der Waals surface area (Å²) < 4.78 is 28.7. The Bertz CT molecular complexity index is 1340. The molecule has 0 unspecified atom stereocenters.